The third-order valence-corrected chi connectivity index (χ3v) is 4.16. The quantitative estimate of drug-likeness (QED) is 0.894. The van der Waals surface area contributed by atoms with Crippen molar-refractivity contribution in [2.75, 3.05) is 6.54 Å². The summed E-state index contributed by atoms with van der Waals surface area (Å²) in [6.07, 6.45) is -0.711. The molecule has 0 aliphatic heterocycles. The molecule has 3 N–H and O–H groups in total. The summed E-state index contributed by atoms with van der Waals surface area (Å²) in [6.45, 7) is 2.38. The first kappa shape index (κ1) is 15.3. The molecular weight excluding hydrogens is 293 g/mol. The van der Waals surface area contributed by atoms with Gasteiger partial charge < -0.3 is 10.8 Å². The van der Waals surface area contributed by atoms with Gasteiger partial charge in [-0.25, -0.2) is 0 Å². The highest BCUT2D eigenvalue weighted by Gasteiger charge is 2.22. The predicted molar refractivity (Wildman–Crippen MR) is 84.4 cm³/mol. The normalized spacial score (nSPS) is 14.1. The Kier molecular flexibility index (Phi) is 5.06. The molecule has 0 saturated carbocycles. The van der Waals surface area contributed by atoms with Crippen molar-refractivity contribution in [2.45, 2.75) is 18.9 Å². The fourth-order valence-corrected chi connectivity index (χ4v) is 2.50. The van der Waals surface area contributed by atoms with E-state index in [1.54, 1.807) is 18.2 Å². The maximum Gasteiger partial charge on any atom is 0.0871 e. The number of rotatable bonds is 4. The van der Waals surface area contributed by atoms with E-state index >= 15 is 0 Å². The van der Waals surface area contributed by atoms with Crippen molar-refractivity contribution < 1.29 is 5.11 Å². The molecule has 0 aliphatic carbocycles. The van der Waals surface area contributed by atoms with Crippen LogP contribution in [0.3, 0.4) is 0 Å². The van der Waals surface area contributed by atoms with E-state index in [-0.39, 0.29) is 5.92 Å². The molecule has 2 aromatic rings. The van der Waals surface area contributed by atoms with E-state index in [1.165, 1.54) is 5.56 Å². The average molecular weight is 310 g/mol. The zero-order valence-electron chi connectivity index (χ0n) is 11.2. The van der Waals surface area contributed by atoms with E-state index in [4.69, 9.17) is 28.9 Å². The third-order valence-electron chi connectivity index (χ3n) is 3.43. The van der Waals surface area contributed by atoms with Gasteiger partial charge in [-0.3, -0.25) is 0 Å². The number of halogens is 2. The van der Waals surface area contributed by atoms with Crippen molar-refractivity contribution in [3.8, 4) is 0 Å². The molecule has 2 rings (SSSR count). The van der Waals surface area contributed by atoms with Crippen LogP contribution in [0.25, 0.3) is 0 Å². The summed E-state index contributed by atoms with van der Waals surface area (Å²) in [6, 6.07) is 13.2. The Morgan fingerprint density at radius 3 is 2.15 bits per heavy atom. The number of aliphatic hydroxyl groups is 1. The summed E-state index contributed by atoms with van der Waals surface area (Å²) >= 11 is 11.9. The van der Waals surface area contributed by atoms with Gasteiger partial charge in [0.2, 0.25) is 0 Å². The summed E-state index contributed by atoms with van der Waals surface area (Å²) in [5.74, 6) is -0.173. The van der Waals surface area contributed by atoms with Gasteiger partial charge in [-0.1, -0.05) is 59.1 Å². The molecule has 0 aliphatic rings. The molecule has 0 heterocycles. The molecule has 20 heavy (non-hydrogen) atoms. The smallest absolute Gasteiger partial charge is 0.0871 e. The van der Waals surface area contributed by atoms with Crippen LogP contribution < -0.4 is 5.73 Å². The fourth-order valence-electron chi connectivity index (χ4n) is 2.19. The molecule has 2 unspecified atom stereocenters. The van der Waals surface area contributed by atoms with Crippen molar-refractivity contribution in [1.29, 1.82) is 0 Å². The van der Waals surface area contributed by atoms with Gasteiger partial charge in [-0.05, 0) is 30.2 Å². The highest BCUT2D eigenvalue weighted by molar-refractivity contribution is 6.42. The molecule has 0 aromatic heterocycles. The first-order valence-corrected chi connectivity index (χ1v) is 7.18. The average Bonchev–Trinajstić information content (AvgIpc) is 2.44. The second-order valence-electron chi connectivity index (χ2n) is 4.87. The Hall–Kier alpha value is -1.06. The molecule has 0 radical (unpaired) electrons. The van der Waals surface area contributed by atoms with Crippen molar-refractivity contribution in [3.63, 3.8) is 0 Å². The van der Waals surface area contributed by atoms with Crippen molar-refractivity contribution in [2.24, 2.45) is 5.73 Å². The molecule has 2 nitrogen and oxygen atoms in total. The van der Waals surface area contributed by atoms with Crippen molar-refractivity contribution in [1.82, 2.24) is 0 Å². The molecule has 0 amide bonds. The number of benzene rings is 2. The monoisotopic (exact) mass is 309 g/mol. The van der Waals surface area contributed by atoms with Gasteiger partial charge in [0.25, 0.3) is 0 Å². The number of aliphatic hydroxyl groups excluding tert-OH is 1. The van der Waals surface area contributed by atoms with E-state index in [9.17, 15) is 5.11 Å². The van der Waals surface area contributed by atoms with E-state index in [0.717, 1.165) is 11.1 Å². The molecule has 0 saturated heterocycles. The Bertz CT molecular complexity index is 584. The Labute approximate surface area is 129 Å². The van der Waals surface area contributed by atoms with Crippen LogP contribution in [-0.2, 0) is 0 Å². The molecule has 4 heteroatoms. The number of nitrogens with two attached hydrogens (primary N) is 1. The van der Waals surface area contributed by atoms with E-state index in [0.29, 0.717) is 16.6 Å². The lowest BCUT2D eigenvalue weighted by Gasteiger charge is -2.22. The Balaban J connectivity index is 2.30. The summed E-state index contributed by atoms with van der Waals surface area (Å²) < 4.78 is 0. The van der Waals surface area contributed by atoms with Crippen LogP contribution in [0.1, 0.15) is 28.7 Å². The van der Waals surface area contributed by atoms with Crippen LogP contribution in [0.4, 0.5) is 0 Å². The minimum absolute atomic E-state index is 0.173. The van der Waals surface area contributed by atoms with E-state index in [1.807, 2.05) is 31.2 Å². The van der Waals surface area contributed by atoms with Crippen molar-refractivity contribution in [3.05, 3.63) is 69.2 Å². The van der Waals surface area contributed by atoms with Crippen LogP contribution in [0.15, 0.2) is 42.5 Å². The molecule has 2 atom stereocenters. The predicted octanol–water partition coefficient (Wildman–Crippen LogP) is 4.08. The third kappa shape index (κ3) is 3.33. The maximum atomic E-state index is 10.5. The number of aryl methyl sites for hydroxylation is 1. The first-order valence-electron chi connectivity index (χ1n) is 6.42. The van der Waals surface area contributed by atoms with Crippen LogP contribution in [0.2, 0.25) is 10.0 Å². The highest BCUT2D eigenvalue weighted by Crippen LogP contribution is 2.33. The maximum absolute atomic E-state index is 10.5. The second kappa shape index (κ2) is 6.59. The molecule has 0 spiro atoms. The van der Waals surface area contributed by atoms with Crippen LogP contribution in [-0.4, -0.2) is 11.7 Å². The van der Waals surface area contributed by atoms with Crippen LogP contribution in [0, 0.1) is 6.92 Å². The van der Waals surface area contributed by atoms with Crippen LogP contribution in [0.5, 0.6) is 0 Å². The Morgan fingerprint density at radius 1 is 1.00 bits per heavy atom. The lowest BCUT2D eigenvalue weighted by Crippen LogP contribution is -2.20. The lowest BCUT2D eigenvalue weighted by molar-refractivity contribution is 0.147. The number of hydrogen-bond acceptors (Lipinski definition) is 2. The zero-order valence-corrected chi connectivity index (χ0v) is 12.7. The van der Waals surface area contributed by atoms with Gasteiger partial charge in [0.05, 0.1) is 16.1 Å². The van der Waals surface area contributed by atoms with E-state index in [2.05, 4.69) is 0 Å². The van der Waals surface area contributed by atoms with Gasteiger partial charge in [0, 0.05) is 12.5 Å². The summed E-state index contributed by atoms with van der Waals surface area (Å²) in [4.78, 5) is 0. The second-order valence-corrected chi connectivity index (χ2v) is 5.69. The fraction of sp³-hybridized carbons (Fsp3) is 0.250. The summed E-state index contributed by atoms with van der Waals surface area (Å²) in [7, 11) is 0. The molecular formula is C16H17Cl2NO. The summed E-state index contributed by atoms with van der Waals surface area (Å²) in [5.41, 5.74) is 8.73. The first-order chi connectivity index (χ1) is 9.52. The standard InChI is InChI=1S/C16H17Cl2NO/c1-10-2-4-11(5-3-10)13(9-19)16(20)12-6-7-14(17)15(18)8-12/h2-8,13,16,20H,9,19H2,1H3. The molecule has 0 bridgehead atoms. The SMILES string of the molecule is Cc1ccc(C(CN)C(O)c2ccc(Cl)c(Cl)c2)cc1. The summed E-state index contributed by atoms with van der Waals surface area (Å²) in [5, 5.41) is 11.4. The van der Waals surface area contributed by atoms with Gasteiger partial charge in [0.15, 0.2) is 0 Å². The minimum Gasteiger partial charge on any atom is -0.388 e. The van der Waals surface area contributed by atoms with Gasteiger partial charge in [-0.15, -0.1) is 0 Å². The molecule has 106 valence electrons. The van der Waals surface area contributed by atoms with Gasteiger partial charge >= 0.3 is 0 Å². The van der Waals surface area contributed by atoms with Gasteiger partial charge in [-0.2, -0.15) is 0 Å². The lowest BCUT2D eigenvalue weighted by atomic mass is 9.89. The zero-order chi connectivity index (χ0) is 14.7. The van der Waals surface area contributed by atoms with Gasteiger partial charge in [0.1, 0.15) is 0 Å². The van der Waals surface area contributed by atoms with Crippen molar-refractivity contribution >= 4 is 23.2 Å². The number of hydrogen-bond donors (Lipinski definition) is 2. The largest absolute Gasteiger partial charge is 0.388 e. The highest BCUT2D eigenvalue weighted by atomic mass is 35.5. The molecule has 2 aromatic carbocycles. The Morgan fingerprint density at radius 2 is 1.60 bits per heavy atom. The van der Waals surface area contributed by atoms with Crippen LogP contribution >= 0.6 is 23.2 Å². The minimum atomic E-state index is -0.711. The van der Waals surface area contributed by atoms with E-state index < -0.39 is 6.10 Å². The molecule has 0 fully saturated rings. The topological polar surface area (TPSA) is 46.2 Å².